The minimum atomic E-state index is -0.172. The van der Waals surface area contributed by atoms with Crippen molar-refractivity contribution in [3.8, 4) is 0 Å². The average Bonchev–Trinajstić information content (AvgIpc) is 3.27. The summed E-state index contributed by atoms with van der Waals surface area (Å²) in [6.45, 7) is 6.52. The van der Waals surface area contributed by atoms with Crippen LogP contribution in [0.2, 0.25) is 0 Å². The molecule has 1 saturated carbocycles. The molecule has 2 fully saturated rings. The molecule has 32 heavy (non-hydrogen) atoms. The molecule has 4 heteroatoms. The molecule has 2 aromatic rings. The van der Waals surface area contributed by atoms with Gasteiger partial charge in [-0.1, -0.05) is 60.7 Å². The number of amides is 1. The Morgan fingerprint density at radius 2 is 1.53 bits per heavy atom. The van der Waals surface area contributed by atoms with E-state index in [1.54, 1.807) is 0 Å². The first-order chi connectivity index (χ1) is 15.7. The Bertz CT molecular complexity index is 818. The summed E-state index contributed by atoms with van der Waals surface area (Å²) in [6.07, 6.45) is 7.26. The van der Waals surface area contributed by atoms with Gasteiger partial charge in [0.05, 0.1) is 0 Å². The highest BCUT2D eigenvalue weighted by atomic mass is 16.6. The van der Waals surface area contributed by atoms with Gasteiger partial charge in [-0.05, 0) is 68.4 Å². The number of hydrogen-bond acceptors (Lipinski definition) is 3. The zero-order valence-corrected chi connectivity index (χ0v) is 19.5. The van der Waals surface area contributed by atoms with Crippen LogP contribution in [0.15, 0.2) is 60.7 Å². The molecule has 4 nitrogen and oxygen atoms in total. The Morgan fingerprint density at radius 1 is 0.906 bits per heavy atom. The zero-order chi connectivity index (χ0) is 22.2. The van der Waals surface area contributed by atoms with Crippen LogP contribution in [0, 0.1) is 11.8 Å². The number of piperidine rings is 1. The van der Waals surface area contributed by atoms with Gasteiger partial charge in [-0.2, -0.15) is 0 Å². The van der Waals surface area contributed by atoms with Crippen LogP contribution in [0.1, 0.15) is 50.2 Å². The Morgan fingerprint density at radius 3 is 2.19 bits per heavy atom. The van der Waals surface area contributed by atoms with E-state index in [-0.39, 0.29) is 6.09 Å². The highest BCUT2D eigenvalue weighted by Gasteiger charge is 2.31. The van der Waals surface area contributed by atoms with Crippen LogP contribution in [-0.4, -0.2) is 48.1 Å². The normalized spacial score (nSPS) is 22.0. The Kier molecular flexibility index (Phi) is 8.22. The minimum absolute atomic E-state index is 0.172. The third-order valence-electron chi connectivity index (χ3n) is 7.31. The molecule has 1 heterocycles. The first-order valence-corrected chi connectivity index (χ1v) is 12.4. The number of carbonyl (C=O) groups excluding carboxylic acids is 1. The van der Waals surface area contributed by atoms with E-state index < -0.39 is 0 Å². The van der Waals surface area contributed by atoms with E-state index in [1.807, 2.05) is 35.2 Å². The molecular weight excluding hydrogens is 396 g/mol. The number of rotatable bonds is 8. The number of ether oxygens (including phenoxy) is 1. The summed E-state index contributed by atoms with van der Waals surface area (Å²) in [6, 6.07) is 21.2. The van der Waals surface area contributed by atoms with Gasteiger partial charge < -0.3 is 14.5 Å². The van der Waals surface area contributed by atoms with Gasteiger partial charge in [0.15, 0.2) is 0 Å². The molecule has 4 rings (SSSR count). The molecule has 2 aromatic carbocycles. The fraction of sp³-hybridized carbons (Fsp3) is 0.536. The van der Waals surface area contributed by atoms with Crippen molar-refractivity contribution in [3.05, 3.63) is 71.8 Å². The second kappa shape index (κ2) is 11.5. The molecule has 1 aliphatic carbocycles. The Hall–Kier alpha value is -2.33. The van der Waals surface area contributed by atoms with Crippen LogP contribution >= 0.6 is 0 Å². The maximum Gasteiger partial charge on any atom is 0.410 e. The molecule has 172 valence electrons. The molecule has 2 atom stereocenters. The number of carbonyl (C=O) groups is 1. The molecule has 2 aliphatic rings. The van der Waals surface area contributed by atoms with Crippen LogP contribution in [-0.2, 0) is 17.8 Å². The van der Waals surface area contributed by atoms with Gasteiger partial charge in [-0.3, -0.25) is 0 Å². The molecule has 0 aromatic heterocycles. The van der Waals surface area contributed by atoms with E-state index in [2.05, 4.69) is 42.2 Å². The number of nitrogens with zero attached hydrogens (tertiary/aromatic N) is 2. The number of benzene rings is 2. The van der Waals surface area contributed by atoms with Crippen LogP contribution in [0.4, 0.5) is 4.79 Å². The minimum Gasteiger partial charge on any atom is -0.445 e. The van der Waals surface area contributed by atoms with Crippen molar-refractivity contribution < 1.29 is 9.53 Å². The predicted octanol–water partition coefficient (Wildman–Crippen LogP) is 5.77. The van der Waals surface area contributed by atoms with Gasteiger partial charge in [0, 0.05) is 32.2 Å². The van der Waals surface area contributed by atoms with E-state index in [0.29, 0.717) is 19.2 Å². The molecule has 0 N–H and O–H groups in total. The first-order valence-electron chi connectivity index (χ1n) is 12.4. The Balaban J connectivity index is 1.18. The predicted molar refractivity (Wildman–Crippen MR) is 129 cm³/mol. The van der Waals surface area contributed by atoms with Crippen LogP contribution in [0.25, 0.3) is 0 Å². The first kappa shape index (κ1) is 22.8. The summed E-state index contributed by atoms with van der Waals surface area (Å²) >= 11 is 0. The number of likely N-dealkylation sites (tertiary alicyclic amines) is 1. The molecule has 0 radical (unpaired) electrons. The van der Waals surface area contributed by atoms with Crippen LogP contribution in [0.5, 0.6) is 0 Å². The van der Waals surface area contributed by atoms with Crippen molar-refractivity contribution in [1.29, 1.82) is 0 Å². The maximum absolute atomic E-state index is 12.7. The van der Waals surface area contributed by atoms with Gasteiger partial charge in [0.25, 0.3) is 0 Å². The van der Waals surface area contributed by atoms with Gasteiger partial charge in [-0.15, -0.1) is 0 Å². The molecule has 0 spiro atoms. The van der Waals surface area contributed by atoms with E-state index in [1.165, 1.54) is 37.8 Å². The van der Waals surface area contributed by atoms with Crippen molar-refractivity contribution in [2.24, 2.45) is 11.8 Å². The summed E-state index contributed by atoms with van der Waals surface area (Å²) in [5, 5.41) is 0. The molecule has 1 saturated heterocycles. The van der Waals surface area contributed by atoms with Crippen molar-refractivity contribution in [3.63, 3.8) is 0 Å². The summed E-state index contributed by atoms with van der Waals surface area (Å²) < 4.78 is 5.60. The van der Waals surface area contributed by atoms with E-state index in [9.17, 15) is 4.79 Å². The van der Waals surface area contributed by atoms with Gasteiger partial charge in [-0.25, -0.2) is 4.79 Å². The summed E-state index contributed by atoms with van der Waals surface area (Å²) in [7, 11) is 0. The van der Waals surface area contributed by atoms with E-state index >= 15 is 0 Å². The molecule has 0 bridgehead atoms. The van der Waals surface area contributed by atoms with Gasteiger partial charge in [0.2, 0.25) is 0 Å². The highest BCUT2D eigenvalue weighted by Crippen LogP contribution is 2.34. The van der Waals surface area contributed by atoms with Crippen molar-refractivity contribution in [2.45, 2.75) is 58.1 Å². The largest absolute Gasteiger partial charge is 0.445 e. The van der Waals surface area contributed by atoms with Crippen LogP contribution < -0.4 is 0 Å². The quantitative estimate of drug-likeness (QED) is 0.529. The average molecular weight is 435 g/mol. The maximum atomic E-state index is 12.7. The standard InChI is InChI=1S/C28H38N2O2/c1-2-30(28(31)32-22-24-11-7-4-8-12-24)27-15-17-29(18-16-27)21-26-14-13-25(20-26)19-23-9-5-3-6-10-23/h3-12,25-27H,2,13-22H2,1H3/t25?,26-/m1/s1. The lowest BCUT2D eigenvalue weighted by atomic mass is 9.96. The lowest BCUT2D eigenvalue weighted by Crippen LogP contribution is -2.48. The molecule has 1 aliphatic heterocycles. The van der Waals surface area contributed by atoms with Crippen molar-refractivity contribution in [2.75, 3.05) is 26.2 Å². The fourth-order valence-electron chi connectivity index (χ4n) is 5.59. The monoisotopic (exact) mass is 434 g/mol. The van der Waals surface area contributed by atoms with E-state index in [4.69, 9.17) is 4.74 Å². The van der Waals surface area contributed by atoms with Crippen LogP contribution in [0.3, 0.4) is 0 Å². The van der Waals surface area contributed by atoms with Crippen molar-refractivity contribution >= 4 is 6.09 Å². The van der Waals surface area contributed by atoms with Crippen molar-refractivity contribution in [1.82, 2.24) is 9.80 Å². The highest BCUT2D eigenvalue weighted by molar-refractivity contribution is 5.68. The summed E-state index contributed by atoms with van der Waals surface area (Å²) in [5.74, 6) is 1.67. The topological polar surface area (TPSA) is 32.8 Å². The molecular formula is C28H38N2O2. The number of hydrogen-bond donors (Lipinski definition) is 0. The van der Waals surface area contributed by atoms with E-state index in [0.717, 1.165) is 43.3 Å². The molecule has 1 amide bonds. The third kappa shape index (κ3) is 6.35. The summed E-state index contributed by atoms with van der Waals surface area (Å²) in [5.41, 5.74) is 2.52. The lowest BCUT2D eigenvalue weighted by molar-refractivity contribution is 0.0606. The SMILES string of the molecule is CCN(C(=O)OCc1ccccc1)C1CCN(C[C@@H]2CCC(Cc3ccccc3)C2)CC1. The smallest absolute Gasteiger partial charge is 0.410 e. The second-order valence-electron chi connectivity index (χ2n) is 9.59. The molecule has 1 unspecified atom stereocenters. The Labute approximate surface area is 193 Å². The van der Waals surface area contributed by atoms with Gasteiger partial charge in [0.1, 0.15) is 6.61 Å². The summed E-state index contributed by atoms with van der Waals surface area (Å²) in [4.78, 5) is 17.3. The van der Waals surface area contributed by atoms with Gasteiger partial charge >= 0.3 is 6.09 Å². The third-order valence-corrected chi connectivity index (χ3v) is 7.31. The lowest BCUT2D eigenvalue weighted by Gasteiger charge is -2.38. The second-order valence-corrected chi connectivity index (χ2v) is 9.59. The fourth-order valence-corrected chi connectivity index (χ4v) is 5.59. The zero-order valence-electron chi connectivity index (χ0n) is 19.5.